The Kier molecular flexibility index (Phi) is 3.78. The monoisotopic (exact) mass is 206 g/mol. The molecule has 0 atom stereocenters. The van der Waals surface area contributed by atoms with Gasteiger partial charge in [-0.3, -0.25) is 0 Å². The van der Waals surface area contributed by atoms with Crippen LogP contribution in [0.5, 0.6) is 5.75 Å². The summed E-state index contributed by atoms with van der Waals surface area (Å²) in [7, 11) is 0. The van der Waals surface area contributed by atoms with Crippen molar-refractivity contribution < 1.29 is 4.74 Å². The Balaban J connectivity index is 3.31. The van der Waals surface area contributed by atoms with Crippen LogP contribution in [-0.2, 0) is 0 Å². The van der Waals surface area contributed by atoms with E-state index in [0.29, 0.717) is 5.92 Å². The largest absolute Gasteiger partial charge is 0.493 e. The van der Waals surface area contributed by atoms with E-state index in [9.17, 15) is 0 Å². The summed E-state index contributed by atoms with van der Waals surface area (Å²) in [5, 5.41) is 0. The fraction of sp³-hybridized carbons (Fsp3) is 0.571. The third-order valence-electron chi connectivity index (χ3n) is 2.98. The van der Waals surface area contributed by atoms with Gasteiger partial charge < -0.3 is 4.74 Å². The second kappa shape index (κ2) is 4.69. The van der Waals surface area contributed by atoms with Gasteiger partial charge in [0.25, 0.3) is 0 Å². The van der Waals surface area contributed by atoms with Gasteiger partial charge in [-0.2, -0.15) is 0 Å². The van der Waals surface area contributed by atoms with Crippen LogP contribution in [0.2, 0.25) is 0 Å². The first kappa shape index (κ1) is 12.1. The lowest BCUT2D eigenvalue weighted by atomic mass is 9.92. The summed E-state index contributed by atoms with van der Waals surface area (Å²) >= 11 is 0. The molecule has 1 heteroatoms. The van der Waals surface area contributed by atoms with Crippen molar-refractivity contribution in [2.75, 3.05) is 6.61 Å². The Morgan fingerprint density at radius 2 is 1.73 bits per heavy atom. The molecule has 0 aliphatic rings. The van der Waals surface area contributed by atoms with Gasteiger partial charge in [-0.05, 0) is 55.9 Å². The highest BCUT2D eigenvalue weighted by Gasteiger charge is 2.12. The predicted octanol–water partition coefficient (Wildman–Crippen LogP) is 4.13. The Labute approximate surface area is 93.5 Å². The van der Waals surface area contributed by atoms with Crippen LogP contribution >= 0.6 is 0 Å². The van der Waals surface area contributed by atoms with E-state index in [0.717, 1.165) is 12.4 Å². The zero-order chi connectivity index (χ0) is 11.6. The molecule has 1 aromatic rings. The molecular formula is C14H22O. The van der Waals surface area contributed by atoms with Crippen molar-refractivity contribution in [2.45, 2.75) is 47.5 Å². The van der Waals surface area contributed by atoms with Crippen molar-refractivity contribution in [3.05, 3.63) is 28.3 Å². The van der Waals surface area contributed by atoms with Crippen molar-refractivity contribution in [1.29, 1.82) is 0 Å². The molecule has 0 saturated heterocycles. The summed E-state index contributed by atoms with van der Waals surface area (Å²) in [4.78, 5) is 0. The minimum absolute atomic E-state index is 0.582. The number of ether oxygens (including phenoxy) is 1. The van der Waals surface area contributed by atoms with Gasteiger partial charge in [0.05, 0.1) is 6.61 Å². The van der Waals surface area contributed by atoms with Crippen molar-refractivity contribution in [1.82, 2.24) is 0 Å². The van der Waals surface area contributed by atoms with Crippen LogP contribution < -0.4 is 4.74 Å². The third-order valence-corrected chi connectivity index (χ3v) is 2.98. The number of hydrogen-bond acceptors (Lipinski definition) is 1. The lowest BCUT2D eigenvalue weighted by Crippen LogP contribution is -2.02. The van der Waals surface area contributed by atoms with Gasteiger partial charge in [-0.15, -0.1) is 0 Å². The molecule has 1 nitrogen and oxygen atoms in total. The Morgan fingerprint density at radius 1 is 1.13 bits per heavy atom. The SMILES string of the molecule is CCOc1c(C)cc(C(C)C)c(C)c1C. The van der Waals surface area contributed by atoms with Gasteiger partial charge in [0, 0.05) is 0 Å². The topological polar surface area (TPSA) is 9.23 Å². The normalized spacial score (nSPS) is 10.9. The van der Waals surface area contributed by atoms with Gasteiger partial charge in [0.2, 0.25) is 0 Å². The quantitative estimate of drug-likeness (QED) is 0.722. The smallest absolute Gasteiger partial charge is 0.125 e. The molecule has 0 bridgehead atoms. The first-order valence-corrected chi connectivity index (χ1v) is 5.72. The molecule has 84 valence electrons. The fourth-order valence-corrected chi connectivity index (χ4v) is 2.06. The van der Waals surface area contributed by atoms with Crippen LogP contribution in [0.25, 0.3) is 0 Å². The molecule has 0 aliphatic heterocycles. The van der Waals surface area contributed by atoms with Crippen molar-refractivity contribution in [2.24, 2.45) is 0 Å². The first-order valence-electron chi connectivity index (χ1n) is 5.72. The van der Waals surface area contributed by atoms with E-state index in [1.165, 1.54) is 22.3 Å². The summed E-state index contributed by atoms with van der Waals surface area (Å²) in [6, 6.07) is 2.26. The summed E-state index contributed by atoms with van der Waals surface area (Å²) in [5.41, 5.74) is 5.36. The minimum atomic E-state index is 0.582. The van der Waals surface area contributed by atoms with E-state index in [-0.39, 0.29) is 0 Å². The molecule has 0 heterocycles. The molecule has 0 unspecified atom stereocenters. The lowest BCUT2D eigenvalue weighted by Gasteiger charge is -2.18. The molecule has 15 heavy (non-hydrogen) atoms. The van der Waals surface area contributed by atoms with Crippen molar-refractivity contribution >= 4 is 0 Å². The Hall–Kier alpha value is -0.980. The van der Waals surface area contributed by atoms with Crippen LogP contribution in [0.4, 0.5) is 0 Å². The van der Waals surface area contributed by atoms with Crippen LogP contribution in [0.3, 0.4) is 0 Å². The molecule has 1 rings (SSSR count). The highest BCUT2D eigenvalue weighted by molar-refractivity contribution is 5.49. The maximum absolute atomic E-state index is 5.68. The molecular weight excluding hydrogens is 184 g/mol. The molecule has 0 radical (unpaired) electrons. The molecule has 1 aromatic carbocycles. The van der Waals surface area contributed by atoms with E-state index in [1.54, 1.807) is 0 Å². The molecule has 0 spiro atoms. The van der Waals surface area contributed by atoms with Gasteiger partial charge in [-0.25, -0.2) is 0 Å². The van der Waals surface area contributed by atoms with Gasteiger partial charge in [0.15, 0.2) is 0 Å². The number of rotatable bonds is 3. The highest BCUT2D eigenvalue weighted by Crippen LogP contribution is 2.32. The van der Waals surface area contributed by atoms with Crippen LogP contribution in [-0.4, -0.2) is 6.61 Å². The summed E-state index contributed by atoms with van der Waals surface area (Å²) in [5.74, 6) is 1.65. The van der Waals surface area contributed by atoms with Crippen molar-refractivity contribution in [3.63, 3.8) is 0 Å². The zero-order valence-corrected chi connectivity index (χ0v) is 10.8. The molecule has 0 saturated carbocycles. The summed E-state index contributed by atoms with van der Waals surface area (Å²) < 4.78 is 5.68. The van der Waals surface area contributed by atoms with Crippen LogP contribution in [0, 0.1) is 20.8 Å². The average molecular weight is 206 g/mol. The first-order chi connectivity index (χ1) is 6.99. The Bertz CT molecular complexity index is 351. The Morgan fingerprint density at radius 3 is 2.20 bits per heavy atom. The van der Waals surface area contributed by atoms with Gasteiger partial charge in [-0.1, -0.05) is 19.9 Å². The van der Waals surface area contributed by atoms with E-state index < -0.39 is 0 Å². The van der Waals surface area contributed by atoms with Gasteiger partial charge >= 0.3 is 0 Å². The lowest BCUT2D eigenvalue weighted by molar-refractivity contribution is 0.335. The molecule has 0 aromatic heterocycles. The third kappa shape index (κ3) is 2.34. The van der Waals surface area contributed by atoms with Gasteiger partial charge in [0.1, 0.15) is 5.75 Å². The second-order valence-corrected chi connectivity index (χ2v) is 4.45. The molecule has 0 amide bonds. The van der Waals surface area contributed by atoms with E-state index in [2.05, 4.69) is 40.7 Å². The average Bonchev–Trinajstić information content (AvgIpc) is 2.18. The standard InChI is InChI=1S/C14H22O/c1-7-15-14-10(4)8-13(9(2)3)11(5)12(14)6/h8-9H,7H2,1-6H3. The predicted molar refractivity (Wildman–Crippen MR) is 65.9 cm³/mol. The molecule has 0 fully saturated rings. The number of hydrogen-bond donors (Lipinski definition) is 0. The fourth-order valence-electron chi connectivity index (χ4n) is 2.06. The number of benzene rings is 1. The van der Waals surface area contributed by atoms with E-state index in [4.69, 9.17) is 4.74 Å². The maximum atomic E-state index is 5.68. The minimum Gasteiger partial charge on any atom is -0.493 e. The number of aryl methyl sites for hydroxylation is 1. The van der Waals surface area contributed by atoms with Crippen LogP contribution in [0.1, 0.15) is 48.9 Å². The second-order valence-electron chi connectivity index (χ2n) is 4.45. The molecule has 0 N–H and O–H groups in total. The molecule has 0 aliphatic carbocycles. The maximum Gasteiger partial charge on any atom is 0.125 e. The zero-order valence-electron chi connectivity index (χ0n) is 10.8. The highest BCUT2D eigenvalue weighted by atomic mass is 16.5. The van der Waals surface area contributed by atoms with Crippen molar-refractivity contribution in [3.8, 4) is 5.75 Å². The van der Waals surface area contributed by atoms with E-state index >= 15 is 0 Å². The van der Waals surface area contributed by atoms with Crippen LogP contribution in [0.15, 0.2) is 6.07 Å². The van der Waals surface area contributed by atoms with E-state index in [1.807, 2.05) is 6.92 Å². The summed E-state index contributed by atoms with van der Waals surface area (Å²) in [6.45, 7) is 13.7. The summed E-state index contributed by atoms with van der Waals surface area (Å²) in [6.07, 6.45) is 0.